The van der Waals surface area contributed by atoms with Crippen molar-refractivity contribution in [2.24, 2.45) is 0 Å². The molecule has 3 heterocycles. The molecule has 108 valence electrons. The molecule has 0 bridgehead atoms. The Morgan fingerprint density at radius 1 is 1.40 bits per heavy atom. The lowest BCUT2D eigenvalue weighted by molar-refractivity contribution is 0.243. The smallest absolute Gasteiger partial charge is 0.160 e. The van der Waals surface area contributed by atoms with Gasteiger partial charge in [0.25, 0.3) is 0 Å². The highest BCUT2D eigenvalue weighted by Gasteiger charge is 2.25. The molecule has 0 aromatic carbocycles. The first-order chi connectivity index (χ1) is 9.70. The van der Waals surface area contributed by atoms with Crippen LogP contribution < -0.4 is 0 Å². The summed E-state index contributed by atoms with van der Waals surface area (Å²) in [7, 11) is 0. The summed E-state index contributed by atoms with van der Waals surface area (Å²) in [5.41, 5.74) is 2.07. The maximum Gasteiger partial charge on any atom is 0.160 e. The summed E-state index contributed by atoms with van der Waals surface area (Å²) in [6.07, 6.45) is 4.48. The Morgan fingerprint density at radius 3 is 3.00 bits per heavy atom. The van der Waals surface area contributed by atoms with Crippen molar-refractivity contribution < 1.29 is 0 Å². The predicted molar refractivity (Wildman–Crippen MR) is 81.9 cm³/mol. The van der Waals surface area contributed by atoms with E-state index < -0.39 is 0 Å². The van der Waals surface area contributed by atoms with E-state index in [2.05, 4.69) is 41.3 Å². The van der Waals surface area contributed by atoms with E-state index in [9.17, 15) is 0 Å². The fraction of sp³-hybridized carbons (Fsp3) is 0.625. The van der Waals surface area contributed by atoms with Gasteiger partial charge in [0, 0.05) is 24.7 Å². The molecule has 0 saturated carbocycles. The Balaban J connectivity index is 1.98. The van der Waals surface area contributed by atoms with Gasteiger partial charge < -0.3 is 4.57 Å². The van der Waals surface area contributed by atoms with E-state index in [1.807, 2.05) is 12.3 Å². The van der Waals surface area contributed by atoms with E-state index in [1.54, 1.807) is 0 Å². The van der Waals surface area contributed by atoms with Gasteiger partial charge in [0.05, 0.1) is 0 Å². The molecule has 3 rings (SSSR count). The molecule has 0 spiro atoms. The molecule has 1 fully saturated rings. The summed E-state index contributed by atoms with van der Waals surface area (Å²) in [6, 6.07) is 4.67. The second-order valence-corrected chi connectivity index (χ2v) is 6.01. The monoisotopic (exact) mass is 272 g/mol. The SMILES string of the molecule is CCN1CCCC1Cn1c(C(C)C)nc2cccnc21. The third-order valence-electron chi connectivity index (χ3n) is 4.35. The first-order valence-electron chi connectivity index (χ1n) is 7.76. The molecule has 20 heavy (non-hydrogen) atoms. The summed E-state index contributed by atoms with van der Waals surface area (Å²) in [4.78, 5) is 11.9. The molecule has 0 N–H and O–H groups in total. The van der Waals surface area contributed by atoms with Crippen LogP contribution >= 0.6 is 0 Å². The summed E-state index contributed by atoms with van der Waals surface area (Å²) in [5.74, 6) is 1.60. The normalized spacial score (nSPS) is 20.3. The van der Waals surface area contributed by atoms with Crippen LogP contribution in [-0.2, 0) is 6.54 Å². The Labute approximate surface area is 120 Å². The average Bonchev–Trinajstić information content (AvgIpc) is 3.04. The standard InChI is InChI=1S/C16H24N4/c1-4-19-10-6-7-13(19)11-20-15(12(2)3)18-14-8-5-9-17-16(14)20/h5,8-9,12-13H,4,6-7,10-11H2,1-3H3. The van der Waals surface area contributed by atoms with E-state index >= 15 is 0 Å². The average molecular weight is 272 g/mol. The molecule has 1 aliphatic rings. The van der Waals surface area contributed by atoms with Crippen molar-refractivity contribution in [2.45, 2.75) is 52.1 Å². The zero-order chi connectivity index (χ0) is 14.1. The molecule has 4 nitrogen and oxygen atoms in total. The Bertz CT molecular complexity index is 587. The minimum Gasteiger partial charge on any atom is -0.311 e. The lowest BCUT2D eigenvalue weighted by atomic mass is 10.2. The van der Waals surface area contributed by atoms with Gasteiger partial charge in [-0.3, -0.25) is 4.90 Å². The molecular weight excluding hydrogens is 248 g/mol. The highest BCUT2D eigenvalue weighted by molar-refractivity contribution is 5.71. The predicted octanol–water partition coefficient (Wildman–Crippen LogP) is 3.04. The van der Waals surface area contributed by atoms with E-state index in [1.165, 1.54) is 25.2 Å². The van der Waals surface area contributed by atoms with Crippen molar-refractivity contribution in [1.29, 1.82) is 0 Å². The fourth-order valence-corrected chi connectivity index (χ4v) is 3.33. The number of imidazole rings is 1. The van der Waals surface area contributed by atoms with Crippen LogP contribution in [0, 0.1) is 0 Å². The largest absolute Gasteiger partial charge is 0.311 e. The quantitative estimate of drug-likeness (QED) is 0.858. The molecule has 1 saturated heterocycles. The van der Waals surface area contributed by atoms with Crippen LogP contribution in [0.15, 0.2) is 18.3 Å². The Hall–Kier alpha value is -1.42. The van der Waals surface area contributed by atoms with Crippen molar-refractivity contribution in [2.75, 3.05) is 13.1 Å². The first kappa shape index (κ1) is 13.6. The maximum atomic E-state index is 4.79. The van der Waals surface area contributed by atoms with Crippen LogP contribution in [-0.4, -0.2) is 38.6 Å². The zero-order valence-electron chi connectivity index (χ0n) is 12.7. The number of aromatic nitrogens is 3. The van der Waals surface area contributed by atoms with E-state index in [0.29, 0.717) is 12.0 Å². The van der Waals surface area contributed by atoms with Gasteiger partial charge >= 0.3 is 0 Å². The number of fused-ring (bicyclic) bond motifs is 1. The van der Waals surface area contributed by atoms with Crippen LogP contribution in [0.1, 0.15) is 45.4 Å². The second-order valence-electron chi connectivity index (χ2n) is 6.01. The van der Waals surface area contributed by atoms with Gasteiger partial charge in [0.1, 0.15) is 11.3 Å². The minimum atomic E-state index is 0.431. The third kappa shape index (κ3) is 2.33. The van der Waals surface area contributed by atoms with E-state index in [0.717, 1.165) is 24.3 Å². The molecular formula is C16H24N4. The highest BCUT2D eigenvalue weighted by atomic mass is 15.2. The van der Waals surface area contributed by atoms with Gasteiger partial charge in [0.2, 0.25) is 0 Å². The Morgan fingerprint density at radius 2 is 2.25 bits per heavy atom. The van der Waals surface area contributed by atoms with Crippen molar-refractivity contribution in [3.8, 4) is 0 Å². The molecule has 0 radical (unpaired) electrons. The number of likely N-dealkylation sites (tertiary alicyclic amines) is 1. The minimum absolute atomic E-state index is 0.431. The van der Waals surface area contributed by atoms with Crippen molar-refractivity contribution in [3.05, 3.63) is 24.2 Å². The van der Waals surface area contributed by atoms with Crippen LogP contribution in [0.5, 0.6) is 0 Å². The van der Waals surface area contributed by atoms with Gasteiger partial charge in [-0.15, -0.1) is 0 Å². The molecule has 1 atom stereocenters. The second kappa shape index (κ2) is 5.52. The fourth-order valence-electron chi connectivity index (χ4n) is 3.33. The van der Waals surface area contributed by atoms with Gasteiger partial charge in [-0.25, -0.2) is 9.97 Å². The topological polar surface area (TPSA) is 34.0 Å². The summed E-state index contributed by atoms with van der Waals surface area (Å²) >= 11 is 0. The highest BCUT2D eigenvalue weighted by Crippen LogP contribution is 2.24. The third-order valence-corrected chi connectivity index (χ3v) is 4.35. The number of hydrogen-bond acceptors (Lipinski definition) is 3. The molecule has 4 heteroatoms. The van der Waals surface area contributed by atoms with Crippen molar-refractivity contribution >= 4 is 11.2 Å². The van der Waals surface area contributed by atoms with Crippen LogP contribution in [0.3, 0.4) is 0 Å². The number of hydrogen-bond donors (Lipinski definition) is 0. The van der Waals surface area contributed by atoms with Crippen LogP contribution in [0.4, 0.5) is 0 Å². The molecule has 2 aromatic heterocycles. The molecule has 0 aliphatic carbocycles. The number of nitrogens with zero attached hydrogens (tertiary/aromatic N) is 4. The zero-order valence-corrected chi connectivity index (χ0v) is 12.7. The molecule has 2 aromatic rings. The molecule has 1 unspecified atom stereocenters. The van der Waals surface area contributed by atoms with Crippen molar-refractivity contribution in [1.82, 2.24) is 19.4 Å². The van der Waals surface area contributed by atoms with E-state index in [-0.39, 0.29) is 0 Å². The maximum absolute atomic E-state index is 4.79. The van der Waals surface area contributed by atoms with Crippen molar-refractivity contribution in [3.63, 3.8) is 0 Å². The van der Waals surface area contributed by atoms with Crippen LogP contribution in [0.25, 0.3) is 11.2 Å². The summed E-state index contributed by atoms with van der Waals surface area (Å²) in [6.45, 7) is 10.1. The van der Waals surface area contributed by atoms with Gasteiger partial charge in [-0.2, -0.15) is 0 Å². The molecule has 0 amide bonds. The lowest BCUT2D eigenvalue weighted by Crippen LogP contribution is -2.33. The number of pyridine rings is 1. The van der Waals surface area contributed by atoms with Gasteiger partial charge in [0.15, 0.2) is 5.65 Å². The van der Waals surface area contributed by atoms with Gasteiger partial charge in [-0.05, 0) is 38.1 Å². The molecule has 1 aliphatic heterocycles. The Kier molecular flexibility index (Phi) is 3.74. The van der Waals surface area contributed by atoms with Gasteiger partial charge in [-0.1, -0.05) is 20.8 Å². The van der Waals surface area contributed by atoms with E-state index in [4.69, 9.17) is 4.98 Å². The summed E-state index contributed by atoms with van der Waals surface area (Å²) < 4.78 is 2.35. The first-order valence-corrected chi connectivity index (χ1v) is 7.76. The number of rotatable bonds is 4. The van der Waals surface area contributed by atoms with Crippen LogP contribution in [0.2, 0.25) is 0 Å². The summed E-state index contributed by atoms with van der Waals surface area (Å²) in [5, 5.41) is 0. The lowest BCUT2D eigenvalue weighted by Gasteiger charge is -2.24. The number of likely N-dealkylation sites (N-methyl/N-ethyl adjacent to an activating group) is 1.